The van der Waals surface area contributed by atoms with Gasteiger partial charge in [-0.3, -0.25) is 9.69 Å². The number of benzene rings is 1. The summed E-state index contributed by atoms with van der Waals surface area (Å²) >= 11 is 0. The number of carbonyl (C=O) groups excluding carboxylic acids is 1. The standard InChI is InChI=1S/C26H35N5O2.2ClH/c32-25(29-13-9-24-28-12-8-23(30-24)20-4-2-1-3-5-20)26-10-6-22(31-14-16-33-17-15-31)18-21(26)7-11-27-19-26;;/h1-5,8,12,21-22,27H,6-7,9-11,13-19H2,(H,29,32);2*1H/t21-,22-,26-;;/m1../s1. The van der Waals surface area contributed by atoms with Gasteiger partial charge >= 0.3 is 0 Å². The number of nitrogens with zero attached hydrogens (tertiary/aromatic N) is 3. The van der Waals surface area contributed by atoms with Gasteiger partial charge in [0.2, 0.25) is 5.91 Å². The van der Waals surface area contributed by atoms with Crippen molar-refractivity contribution in [3.05, 3.63) is 48.4 Å². The van der Waals surface area contributed by atoms with Crippen LogP contribution in [0.1, 0.15) is 31.5 Å². The van der Waals surface area contributed by atoms with E-state index in [4.69, 9.17) is 9.72 Å². The first-order valence-corrected chi connectivity index (χ1v) is 12.4. The van der Waals surface area contributed by atoms with Gasteiger partial charge in [-0.1, -0.05) is 30.3 Å². The van der Waals surface area contributed by atoms with Crippen LogP contribution in [0.25, 0.3) is 11.3 Å². The highest BCUT2D eigenvalue weighted by Gasteiger charge is 2.50. The van der Waals surface area contributed by atoms with Crippen molar-refractivity contribution < 1.29 is 9.53 Å². The topological polar surface area (TPSA) is 79.4 Å². The van der Waals surface area contributed by atoms with Gasteiger partial charge in [-0.2, -0.15) is 0 Å². The van der Waals surface area contributed by atoms with Crippen LogP contribution in [-0.2, 0) is 16.0 Å². The van der Waals surface area contributed by atoms with Gasteiger partial charge in [0.1, 0.15) is 5.82 Å². The first-order chi connectivity index (χ1) is 16.2. The lowest BCUT2D eigenvalue weighted by molar-refractivity contribution is -0.140. The van der Waals surface area contributed by atoms with Gasteiger partial charge < -0.3 is 15.4 Å². The highest BCUT2D eigenvalue weighted by atomic mass is 35.5. The minimum atomic E-state index is -0.284. The summed E-state index contributed by atoms with van der Waals surface area (Å²) in [6.07, 6.45) is 6.69. The quantitative estimate of drug-likeness (QED) is 0.607. The van der Waals surface area contributed by atoms with E-state index < -0.39 is 0 Å². The molecule has 192 valence electrons. The number of aromatic nitrogens is 2. The lowest BCUT2D eigenvalue weighted by Crippen LogP contribution is -2.60. The SMILES string of the molecule is Cl.Cl.O=C(NCCc1nccc(-c2ccccc2)n1)[C@@]12CC[C@@H](N3CCOCC3)C[C@H]1CCNC2. The number of piperidine rings is 1. The van der Waals surface area contributed by atoms with E-state index in [1.807, 2.05) is 24.3 Å². The molecule has 0 unspecified atom stereocenters. The molecular formula is C26H37Cl2N5O2. The van der Waals surface area contributed by atoms with Crippen LogP contribution in [0.2, 0.25) is 0 Å². The van der Waals surface area contributed by atoms with Gasteiger partial charge in [0.05, 0.1) is 24.3 Å². The Morgan fingerprint density at radius 1 is 1.14 bits per heavy atom. The van der Waals surface area contributed by atoms with Crippen LogP contribution >= 0.6 is 24.8 Å². The van der Waals surface area contributed by atoms with Crippen molar-refractivity contribution >= 4 is 30.7 Å². The molecule has 3 fully saturated rings. The number of hydrogen-bond donors (Lipinski definition) is 2. The Hall–Kier alpha value is -1.77. The van der Waals surface area contributed by atoms with Crippen molar-refractivity contribution in [2.24, 2.45) is 11.3 Å². The van der Waals surface area contributed by atoms with Crippen molar-refractivity contribution in [3.8, 4) is 11.3 Å². The van der Waals surface area contributed by atoms with Crippen molar-refractivity contribution in [2.75, 3.05) is 45.9 Å². The van der Waals surface area contributed by atoms with Crippen molar-refractivity contribution in [1.82, 2.24) is 25.5 Å². The van der Waals surface area contributed by atoms with Crippen LogP contribution in [0.3, 0.4) is 0 Å². The number of carbonyl (C=O) groups is 1. The van der Waals surface area contributed by atoms with E-state index in [-0.39, 0.29) is 36.1 Å². The Labute approximate surface area is 220 Å². The summed E-state index contributed by atoms with van der Waals surface area (Å²) in [6, 6.07) is 12.7. The number of halogens is 2. The van der Waals surface area contributed by atoms with Crippen molar-refractivity contribution in [3.63, 3.8) is 0 Å². The van der Waals surface area contributed by atoms with Gasteiger partial charge in [-0.15, -0.1) is 24.8 Å². The molecular weight excluding hydrogens is 485 g/mol. The second-order valence-electron chi connectivity index (χ2n) is 9.63. The van der Waals surface area contributed by atoms with Crippen LogP contribution in [-0.4, -0.2) is 72.8 Å². The average Bonchev–Trinajstić information content (AvgIpc) is 2.89. The van der Waals surface area contributed by atoms with E-state index in [0.717, 1.165) is 82.2 Å². The first kappa shape index (κ1) is 27.8. The van der Waals surface area contributed by atoms with E-state index in [1.54, 1.807) is 6.20 Å². The highest BCUT2D eigenvalue weighted by Crippen LogP contribution is 2.46. The molecule has 2 saturated heterocycles. The van der Waals surface area contributed by atoms with Crippen LogP contribution in [0.4, 0.5) is 0 Å². The Morgan fingerprint density at radius 3 is 2.74 bits per heavy atom. The summed E-state index contributed by atoms with van der Waals surface area (Å²) < 4.78 is 5.54. The molecule has 1 aromatic heterocycles. The number of morpholine rings is 1. The minimum absolute atomic E-state index is 0. The van der Waals surface area contributed by atoms with Gasteiger partial charge in [-0.05, 0) is 44.2 Å². The molecule has 1 saturated carbocycles. The monoisotopic (exact) mass is 521 g/mol. The predicted molar refractivity (Wildman–Crippen MR) is 142 cm³/mol. The van der Waals surface area contributed by atoms with Gasteiger partial charge in [-0.25, -0.2) is 9.97 Å². The third-order valence-electron chi connectivity index (χ3n) is 7.80. The summed E-state index contributed by atoms with van der Waals surface area (Å²) in [7, 11) is 0. The number of fused-ring (bicyclic) bond motifs is 1. The Balaban J connectivity index is 0.00000171. The molecule has 35 heavy (non-hydrogen) atoms. The molecule has 1 aromatic carbocycles. The predicted octanol–water partition coefficient (Wildman–Crippen LogP) is 3.13. The molecule has 2 aromatic rings. The molecule has 0 bridgehead atoms. The summed E-state index contributed by atoms with van der Waals surface area (Å²) in [4.78, 5) is 25.2. The molecule has 2 aliphatic heterocycles. The Morgan fingerprint density at radius 2 is 1.94 bits per heavy atom. The van der Waals surface area contributed by atoms with E-state index in [1.165, 1.54) is 0 Å². The Kier molecular flexibility index (Phi) is 10.3. The van der Waals surface area contributed by atoms with Gasteiger partial charge in [0.25, 0.3) is 0 Å². The molecule has 0 radical (unpaired) electrons. The number of amides is 1. The molecule has 1 aliphatic carbocycles. The molecule has 3 aliphatic rings. The number of nitrogens with one attached hydrogen (secondary N) is 2. The lowest BCUT2D eigenvalue weighted by Gasteiger charge is -2.50. The van der Waals surface area contributed by atoms with Crippen LogP contribution < -0.4 is 10.6 Å². The second kappa shape index (κ2) is 13.0. The third-order valence-corrected chi connectivity index (χ3v) is 7.80. The normalized spacial score (nSPS) is 26.5. The fourth-order valence-corrected chi connectivity index (χ4v) is 5.92. The average molecular weight is 523 g/mol. The smallest absolute Gasteiger partial charge is 0.227 e. The maximum Gasteiger partial charge on any atom is 0.227 e. The fraction of sp³-hybridized carbons (Fsp3) is 0.577. The van der Waals surface area contributed by atoms with Crippen molar-refractivity contribution in [1.29, 1.82) is 0 Å². The van der Waals surface area contributed by atoms with Crippen LogP contribution in [0.5, 0.6) is 0 Å². The largest absolute Gasteiger partial charge is 0.379 e. The lowest BCUT2D eigenvalue weighted by atomic mass is 9.61. The summed E-state index contributed by atoms with van der Waals surface area (Å²) in [5.41, 5.74) is 1.72. The number of rotatable bonds is 6. The summed E-state index contributed by atoms with van der Waals surface area (Å²) in [6.45, 7) is 6.09. The number of ether oxygens (including phenoxy) is 1. The second-order valence-corrected chi connectivity index (χ2v) is 9.63. The van der Waals surface area contributed by atoms with Gasteiger partial charge in [0, 0.05) is 50.4 Å². The molecule has 3 heterocycles. The van der Waals surface area contributed by atoms with E-state index in [0.29, 0.717) is 24.9 Å². The zero-order valence-corrected chi connectivity index (χ0v) is 21.8. The molecule has 0 spiro atoms. The molecule has 1 amide bonds. The van der Waals surface area contributed by atoms with E-state index in [9.17, 15) is 4.79 Å². The minimum Gasteiger partial charge on any atom is -0.379 e. The van der Waals surface area contributed by atoms with Gasteiger partial charge in [0.15, 0.2) is 0 Å². The third kappa shape index (κ3) is 6.33. The summed E-state index contributed by atoms with van der Waals surface area (Å²) in [5, 5.41) is 6.77. The molecule has 9 heteroatoms. The highest BCUT2D eigenvalue weighted by molar-refractivity contribution is 5.85. The van der Waals surface area contributed by atoms with E-state index in [2.05, 4.69) is 32.7 Å². The van der Waals surface area contributed by atoms with Crippen LogP contribution in [0.15, 0.2) is 42.6 Å². The zero-order chi connectivity index (χ0) is 22.5. The maximum absolute atomic E-state index is 13.5. The summed E-state index contributed by atoms with van der Waals surface area (Å²) in [5.74, 6) is 1.42. The molecule has 7 nitrogen and oxygen atoms in total. The van der Waals surface area contributed by atoms with Crippen molar-refractivity contribution in [2.45, 2.75) is 38.1 Å². The molecule has 3 atom stereocenters. The molecule has 5 rings (SSSR count). The maximum atomic E-state index is 13.5. The first-order valence-electron chi connectivity index (χ1n) is 12.4. The zero-order valence-electron chi connectivity index (χ0n) is 20.2. The molecule has 2 N–H and O–H groups in total. The van der Waals surface area contributed by atoms with Crippen LogP contribution in [0, 0.1) is 11.3 Å². The number of hydrogen-bond acceptors (Lipinski definition) is 6. The van der Waals surface area contributed by atoms with E-state index >= 15 is 0 Å². The Bertz CT molecular complexity index is 944. The fourth-order valence-electron chi connectivity index (χ4n) is 5.92.